The molecule has 0 saturated carbocycles. The predicted molar refractivity (Wildman–Crippen MR) is 113 cm³/mol. The standard InChI is InChI=1S/C22H25ClF2N4O3/c1-3-22(31,21(25)4-6-26-7-5-21)13-8-15-18(16(24)9-13)20(32-2)29(19(15)30)12-17-27-10-14(23)11-28-17/h8-11,20,26,31H,3-7,12H2,1-2H3/t20-,22?/m1/s1. The first-order valence-corrected chi connectivity index (χ1v) is 10.9. The molecule has 1 aromatic carbocycles. The molecular formula is C22H25ClF2N4O3. The molecule has 2 atom stereocenters. The van der Waals surface area contributed by atoms with Crippen LogP contribution in [-0.2, 0) is 16.9 Å². The third kappa shape index (κ3) is 3.67. The minimum atomic E-state index is -1.94. The molecule has 0 spiro atoms. The average Bonchev–Trinajstić information content (AvgIpc) is 3.06. The number of hydrogen-bond acceptors (Lipinski definition) is 6. The van der Waals surface area contributed by atoms with Crippen molar-refractivity contribution >= 4 is 17.5 Å². The maximum atomic E-state index is 15.9. The van der Waals surface area contributed by atoms with E-state index in [1.54, 1.807) is 6.92 Å². The fourth-order valence-corrected chi connectivity index (χ4v) is 4.79. The van der Waals surface area contributed by atoms with Gasteiger partial charge in [0.05, 0.1) is 17.1 Å². The molecule has 2 aliphatic heterocycles. The lowest BCUT2D eigenvalue weighted by atomic mass is 9.71. The van der Waals surface area contributed by atoms with Crippen molar-refractivity contribution in [3.05, 3.63) is 57.9 Å². The summed E-state index contributed by atoms with van der Waals surface area (Å²) in [6.45, 7) is 2.44. The Kier molecular flexibility index (Phi) is 6.19. The highest BCUT2D eigenvalue weighted by Crippen LogP contribution is 2.47. The Morgan fingerprint density at radius 3 is 2.59 bits per heavy atom. The molecule has 0 bridgehead atoms. The largest absolute Gasteiger partial charge is 0.382 e. The number of nitrogens with zero attached hydrogens (tertiary/aromatic N) is 3. The first kappa shape index (κ1) is 23.0. The number of piperidine rings is 1. The number of aromatic nitrogens is 2. The molecule has 2 N–H and O–H groups in total. The number of benzene rings is 1. The summed E-state index contributed by atoms with van der Waals surface area (Å²) in [7, 11) is 1.37. The zero-order chi connectivity index (χ0) is 23.1. The number of hydrogen-bond donors (Lipinski definition) is 2. The fourth-order valence-electron chi connectivity index (χ4n) is 4.69. The Hall–Kier alpha value is -2.20. The highest BCUT2D eigenvalue weighted by atomic mass is 35.5. The van der Waals surface area contributed by atoms with Gasteiger partial charge < -0.3 is 20.1 Å². The molecule has 0 aliphatic carbocycles. The van der Waals surface area contributed by atoms with Crippen molar-refractivity contribution in [1.82, 2.24) is 20.2 Å². The number of nitrogens with one attached hydrogen (secondary N) is 1. The zero-order valence-corrected chi connectivity index (χ0v) is 18.6. The monoisotopic (exact) mass is 466 g/mol. The van der Waals surface area contributed by atoms with Gasteiger partial charge in [0.25, 0.3) is 5.91 Å². The van der Waals surface area contributed by atoms with E-state index in [2.05, 4.69) is 15.3 Å². The molecule has 7 nitrogen and oxygen atoms in total. The van der Waals surface area contributed by atoms with Crippen molar-refractivity contribution in [1.29, 1.82) is 0 Å². The molecule has 1 unspecified atom stereocenters. The van der Waals surface area contributed by atoms with Crippen LogP contribution >= 0.6 is 11.6 Å². The van der Waals surface area contributed by atoms with Crippen LogP contribution in [0.3, 0.4) is 0 Å². The summed E-state index contributed by atoms with van der Waals surface area (Å²) < 4.78 is 36.6. The number of carbonyl (C=O) groups excluding carboxylic acids is 1. The molecular weight excluding hydrogens is 442 g/mol. The summed E-state index contributed by atoms with van der Waals surface area (Å²) in [5.41, 5.74) is -3.74. The molecule has 4 rings (SSSR count). The lowest BCUT2D eigenvalue weighted by molar-refractivity contribution is -0.127. The SMILES string of the molecule is CCC(O)(c1cc(F)c2c(c1)C(=O)N(Cc1ncc(Cl)cn1)[C@@H]2OC)C1(F)CCNCC1. The molecule has 10 heteroatoms. The number of halogens is 3. The van der Waals surface area contributed by atoms with Crippen molar-refractivity contribution in [2.24, 2.45) is 0 Å². The van der Waals surface area contributed by atoms with Crippen molar-refractivity contribution in [2.75, 3.05) is 20.2 Å². The fraction of sp³-hybridized carbons (Fsp3) is 0.500. The van der Waals surface area contributed by atoms with Gasteiger partial charge in [-0.25, -0.2) is 18.7 Å². The van der Waals surface area contributed by atoms with Gasteiger partial charge in [-0.3, -0.25) is 4.79 Å². The summed E-state index contributed by atoms with van der Waals surface area (Å²) in [6.07, 6.45) is 2.01. The van der Waals surface area contributed by atoms with E-state index in [4.69, 9.17) is 16.3 Å². The van der Waals surface area contributed by atoms with E-state index >= 15 is 8.78 Å². The first-order chi connectivity index (χ1) is 15.2. The number of carbonyl (C=O) groups is 1. The van der Waals surface area contributed by atoms with Crippen LogP contribution in [0.4, 0.5) is 8.78 Å². The second-order valence-corrected chi connectivity index (χ2v) is 8.62. The predicted octanol–water partition coefficient (Wildman–Crippen LogP) is 3.26. The van der Waals surface area contributed by atoms with E-state index < -0.39 is 29.2 Å². The van der Waals surface area contributed by atoms with Gasteiger partial charge in [0.2, 0.25) is 0 Å². The second kappa shape index (κ2) is 8.62. The van der Waals surface area contributed by atoms with Gasteiger partial charge in [0, 0.05) is 25.1 Å². The van der Waals surface area contributed by atoms with Crippen LogP contribution in [0.25, 0.3) is 0 Å². The Labute approximate surface area is 189 Å². The molecule has 0 radical (unpaired) electrons. The van der Waals surface area contributed by atoms with Gasteiger partial charge >= 0.3 is 0 Å². The minimum absolute atomic E-state index is 0.0326. The summed E-state index contributed by atoms with van der Waals surface area (Å²) in [5, 5.41) is 14.8. The van der Waals surface area contributed by atoms with Crippen molar-refractivity contribution in [2.45, 2.75) is 50.2 Å². The maximum Gasteiger partial charge on any atom is 0.257 e. The van der Waals surface area contributed by atoms with Gasteiger partial charge in [0.15, 0.2) is 6.23 Å². The smallest absolute Gasteiger partial charge is 0.257 e. The van der Waals surface area contributed by atoms with Crippen LogP contribution in [0.5, 0.6) is 0 Å². The van der Waals surface area contributed by atoms with Crippen LogP contribution in [0.2, 0.25) is 5.02 Å². The Morgan fingerprint density at radius 1 is 1.34 bits per heavy atom. The normalized spacial score (nSPS) is 22.0. The van der Waals surface area contributed by atoms with Crippen molar-refractivity contribution in [3.8, 4) is 0 Å². The van der Waals surface area contributed by atoms with E-state index in [0.29, 0.717) is 23.9 Å². The lowest BCUT2D eigenvalue weighted by Gasteiger charge is -2.44. The summed E-state index contributed by atoms with van der Waals surface area (Å²) >= 11 is 5.82. The molecule has 1 saturated heterocycles. The van der Waals surface area contributed by atoms with Gasteiger partial charge in [-0.2, -0.15) is 0 Å². The van der Waals surface area contributed by atoms with Crippen LogP contribution in [0.1, 0.15) is 59.7 Å². The summed E-state index contributed by atoms with van der Waals surface area (Å²) in [6, 6.07) is 2.51. The van der Waals surface area contributed by atoms with E-state index in [1.807, 2.05) is 0 Å². The number of alkyl halides is 1. The average molecular weight is 467 g/mol. The molecule has 2 aliphatic rings. The van der Waals surface area contributed by atoms with Crippen LogP contribution < -0.4 is 5.32 Å². The van der Waals surface area contributed by atoms with Crippen LogP contribution in [0.15, 0.2) is 24.5 Å². The zero-order valence-electron chi connectivity index (χ0n) is 17.9. The lowest BCUT2D eigenvalue weighted by Crippen LogP contribution is -2.53. The van der Waals surface area contributed by atoms with E-state index in [1.165, 1.54) is 30.5 Å². The maximum absolute atomic E-state index is 15.9. The third-order valence-corrected chi connectivity index (χ3v) is 6.68. The number of ether oxygens (including phenoxy) is 1. The molecule has 3 heterocycles. The third-order valence-electron chi connectivity index (χ3n) is 6.49. The number of aliphatic hydroxyl groups is 1. The number of rotatable bonds is 6. The van der Waals surface area contributed by atoms with Crippen molar-refractivity contribution < 1.29 is 23.4 Å². The minimum Gasteiger partial charge on any atom is -0.382 e. The summed E-state index contributed by atoms with van der Waals surface area (Å²) in [4.78, 5) is 22.7. The van der Waals surface area contributed by atoms with E-state index in [0.717, 1.165) is 6.07 Å². The number of amides is 1. The van der Waals surface area contributed by atoms with E-state index in [-0.39, 0.29) is 42.5 Å². The first-order valence-electron chi connectivity index (χ1n) is 10.5. The van der Waals surface area contributed by atoms with Crippen LogP contribution in [-0.4, -0.2) is 51.7 Å². The Bertz CT molecular complexity index is 1020. The van der Waals surface area contributed by atoms with E-state index in [9.17, 15) is 9.90 Å². The quantitative estimate of drug-likeness (QED) is 0.679. The summed E-state index contributed by atoms with van der Waals surface area (Å²) in [5.74, 6) is -0.940. The molecule has 1 aromatic heterocycles. The van der Waals surface area contributed by atoms with Gasteiger partial charge in [-0.05, 0) is 50.0 Å². The number of fused-ring (bicyclic) bond motifs is 1. The Morgan fingerprint density at radius 2 is 2.00 bits per heavy atom. The second-order valence-electron chi connectivity index (χ2n) is 8.19. The van der Waals surface area contributed by atoms with Gasteiger partial charge in [-0.1, -0.05) is 18.5 Å². The topological polar surface area (TPSA) is 87.6 Å². The molecule has 1 amide bonds. The van der Waals surface area contributed by atoms with Crippen LogP contribution in [0, 0.1) is 5.82 Å². The Balaban J connectivity index is 1.74. The highest BCUT2D eigenvalue weighted by molar-refractivity contribution is 6.30. The van der Waals surface area contributed by atoms with Gasteiger partial charge in [-0.15, -0.1) is 0 Å². The number of methoxy groups -OCH3 is 1. The molecule has 2 aromatic rings. The molecule has 172 valence electrons. The molecule has 32 heavy (non-hydrogen) atoms. The van der Waals surface area contributed by atoms with Crippen molar-refractivity contribution in [3.63, 3.8) is 0 Å². The van der Waals surface area contributed by atoms with Gasteiger partial charge in [0.1, 0.15) is 22.9 Å². The molecule has 1 fully saturated rings. The highest BCUT2D eigenvalue weighted by Gasteiger charge is 2.53.